The van der Waals surface area contributed by atoms with Gasteiger partial charge in [-0.2, -0.15) is 0 Å². The Labute approximate surface area is 483 Å². The van der Waals surface area contributed by atoms with Gasteiger partial charge in [0.05, 0.1) is 5.58 Å². The Balaban J connectivity index is 0.00000784. The molecule has 12 rings (SSSR count). The molecule has 0 radical (unpaired) electrons. The molecule has 0 spiro atoms. The van der Waals surface area contributed by atoms with Crippen LogP contribution in [0.1, 0.15) is 113 Å². The number of ether oxygens (including phenoxy) is 1. The summed E-state index contributed by atoms with van der Waals surface area (Å²) in [5, 5.41) is 5.36. The number of benzene rings is 8. The summed E-state index contributed by atoms with van der Waals surface area (Å²) in [7, 11) is 0. The van der Waals surface area contributed by atoms with Gasteiger partial charge in [-0.3, -0.25) is 0 Å². The topological polar surface area (TPSA) is 48.2 Å². The quantitative estimate of drug-likeness (QED) is 0.112. The van der Waals surface area contributed by atoms with Crippen LogP contribution >= 0.6 is 0 Å². The molecule has 0 saturated heterocycles. The first-order chi connectivity index (χ1) is 40.3. The molecule has 77 heavy (non-hydrogen) atoms. The SMILES string of the molecule is [2H]C([2H])([2H])c1cnc(-c2[c-]c(Oc3[c-]c(-c4cc(-c5ccc(-c6ccc(C7([2H])CC(C)(C)C(C)(C)C(C)(C)C7)cc6C)cc5C)c(C)cn4)c4oc5c(ccc6ccc7ccccc7c65)c4c3)c(C([2H])([2H])[2H])c(-c3ccccc3)c2)cc1C([2H])([2H])[2H].[Pt+2]. The van der Waals surface area contributed by atoms with Gasteiger partial charge in [-0.05, 0) is 153 Å². The largest absolute Gasteiger partial charge is 2.00 e. The Hall–Kier alpha value is -7.13. The summed E-state index contributed by atoms with van der Waals surface area (Å²) in [6, 6.07) is 51.6. The van der Waals surface area contributed by atoms with Crippen LogP contribution in [-0.4, -0.2) is 9.97 Å². The van der Waals surface area contributed by atoms with E-state index in [0.29, 0.717) is 33.4 Å². The average molecular weight is 1200 g/mol. The molecule has 1 aliphatic rings. The van der Waals surface area contributed by atoms with Gasteiger partial charge in [-0.1, -0.05) is 222 Å². The second kappa shape index (κ2) is 19.4. The van der Waals surface area contributed by atoms with Crippen LogP contribution < -0.4 is 4.74 Å². The molecule has 1 aliphatic carbocycles. The molecule has 0 N–H and O–H groups in total. The number of hydrogen-bond acceptors (Lipinski definition) is 4. The number of nitrogens with zero attached hydrogens (tertiary/aromatic N) is 2. The third kappa shape index (κ3) is 8.91. The van der Waals surface area contributed by atoms with Crippen molar-refractivity contribution in [2.45, 2.75) is 102 Å². The minimum Gasteiger partial charge on any atom is -0.500 e. The van der Waals surface area contributed by atoms with Crippen LogP contribution in [0.15, 0.2) is 156 Å². The van der Waals surface area contributed by atoms with Gasteiger partial charge in [0, 0.05) is 48.4 Å². The predicted molar refractivity (Wildman–Crippen MR) is 317 cm³/mol. The van der Waals surface area contributed by atoms with Crippen LogP contribution in [0.25, 0.3) is 99.4 Å². The Morgan fingerprint density at radius 2 is 1.26 bits per heavy atom. The van der Waals surface area contributed by atoms with Gasteiger partial charge in [0.25, 0.3) is 0 Å². The number of pyridine rings is 2. The first-order valence-electron chi connectivity index (χ1n) is 31.1. The van der Waals surface area contributed by atoms with E-state index in [1.54, 1.807) is 36.4 Å². The van der Waals surface area contributed by atoms with E-state index in [1.807, 2.05) is 43.5 Å². The van der Waals surface area contributed by atoms with Crippen molar-refractivity contribution in [2.24, 2.45) is 16.2 Å². The molecule has 0 atom stereocenters. The monoisotopic (exact) mass is 1200 g/mol. The van der Waals surface area contributed by atoms with E-state index in [0.717, 1.165) is 90.5 Å². The zero-order chi connectivity index (χ0) is 61.4. The normalized spacial score (nSPS) is 17.9. The number of rotatable bonds is 8. The molecule has 0 bridgehead atoms. The van der Waals surface area contributed by atoms with Gasteiger partial charge >= 0.3 is 21.1 Å². The second-order valence-corrected chi connectivity index (χ2v) is 22.9. The fraction of sp³-hybridized carbons (Fsp3) is 0.250. The fourth-order valence-corrected chi connectivity index (χ4v) is 11.9. The molecule has 1 saturated carbocycles. The maximum absolute atomic E-state index is 9.95. The maximum Gasteiger partial charge on any atom is 2.00 e. The molecule has 3 aromatic heterocycles. The number of aromatic nitrogens is 2. The van der Waals surface area contributed by atoms with Crippen molar-refractivity contribution in [2.75, 3.05) is 0 Å². The van der Waals surface area contributed by atoms with Crippen LogP contribution in [0.5, 0.6) is 11.5 Å². The van der Waals surface area contributed by atoms with Gasteiger partial charge in [0.15, 0.2) is 0 Å². The van der Waals surface area contributed by atoms with Gasteiger partial charge in [0.1, 0.15) is 5.58 Å². The third-order valence-electron chi connectivity index (χ3n) is 17.4. The number of fused-ring (bicyclic) bond motifs is 7. The Bertz CT molecular complexity index is 4540. The maximum atomic E-state index is 9.95. The standard InChI is InChI=1S/C72H66N2O2.Pt/c1-42-32-64(73-40-45(42)4)53-33-61(48-18-14-13-15-19-48)47(6)66(34-53)75-55-35-62-59-29-24-50-23-22-49-20-16-17-21-58(49)67(50)69(59)76-68(62)63(36-55)65-37-60(46(5)41-74-65)57-28-26-52(31-44(57)3)56-27-25-51(30-43(56)2)54-38-70(7,8)72(11,12)71(9,10)39-54;/h13-33,35,37,40-41,54H,38-39H2,1-12H3;/q-2;+2/i1D3,4D3,6D3,54D;. The molecule has 8 aromatic carbocycles. The predicted octanol–water partition coefficient (Wildman–Crippen LogP) is 20.2. The molecule has 1 fully saturated rings. The van der Waals surface area contributed by atoms with Crippen molar-refractivity contribution in [1.82, 2.24) is 9.97 Å². The van der Waals surface area contributed by atoms with E-state index in [2.05, 4.69) is 139 Å². The van der Waals surface area contributed by atoms with Crippen LogP contribution in [0.2, 0.25) is 0 Å². The smallest absolute Gasteiger partial charge is 0.500 e. The third-order valence-corrected chi connectivity index (χ3v) is 17.4. The molecule has 386 valence electrons. The average Bonchev–Trinajstić information content (AvgIpc) is 1.69. The molecule has 0 aliphatic heterocycles. The molecule has 3 heterocycles. The van der Waals surface area contributed by atoms with E-state index in [4.69, 9.17) is 26.5 Å². The summed E-state index contributed by atoms with van der Waals surface area (Å²) in [6.07, 6.45) is 4.42. The van der Waals surface area contributed by atoms with Crippen LogP contribution in [0.3, 0.4) is 0 Å². The van der Waals surface area contributed by atoms with Crippen molar-refractivity contribution in [3.8, 4) is 67.4 Å². The summed E-state index contributed by atoms with van der Waals surface area (Å²) < 4.78 is 100. The molecule has 4 nitrogen and oxygen atoms in total. The zero-order valence-electron chi connectivity index (χ0n) is 54.9. The summed E-state index contributed by atoms with van der Waals surface area (Å²) in [5.74, 6) is -0.808. The summed E-state index contributed by atoms with van der Waals surface area (Å²) in [5.41, 5.74) is 10.3. The molecule has 0 unspecified atom stereocenters. The van der Waals surface area contributed by atoms with E-state index >= 15 is 0 Å². The Morgan fingerprint density at radius 3 is 2.01 bits per heavy atom. The number of furan rings is 1. The summed E-state index contributed by atoms with van der Waals surface area (Å²) >= 11 is 0. The van der Waals surface area contributed by atoms with Gasteiger partial charge in [-0.25, -0.2) is 0 Å². The molecular weight excluding hydrogens is 1120 g/mol. The fourth-order valence-electron chi connectivity index (χ4n) is 11.9. The van der Waals surface area contributed by atoms with Crippen molar-refractivity contribution in [1.29, 1.82) is 0 Å². The summed E-state index contributed by atoms with van der Waals surface area (Å²) in [4.78, 5) is 9.53. The molecular formula is C72H66N2O2Pt. The van der Waals surface area contributed by atoms with Gasteiger partial charge in [0.2, 0.25) is 0 Å². The van der Waals surface area contributed by atoms with Crippen molar-refractivity contribution in [3.63, 3.8) is 0 Å². The van der Waals surface area contributed by atoms with E-state index < -0.39 is 37.6 Å². The Kier molecular flexibility index (Phi) is 10.3. The zero-order valence-corrected chi connectivity index (χ0v) is 47.1. The van der Waals surface area contributed by atoms with Crippen molar-refractivity contribution >= 4 is 43.5 Å². The van der Waals surface area contributed by atoms with E-state index in [9.17, 15) is 1.37 Å². The van der Waals surface area contributed by atoms with E-state index in [-0.39, 0.29) is 71.2 Å². The number of hydrogen-bond donors (Lipinski definition) is 0. The minimum atomic E-state index is -2.83. The van der Waals surface area contributed by atoms with Gasteiger partial charge in [-0.15, -0.1) is 11.6 Å². The number of aryl methyl sites for hydroxylation is 5. The van der Waals surface area contributed by atoms with Crippen molar-refractivity contribution < 1.29 is 43.9 Å². The van der Waals surface area contributed by atoms with Gasteiger partial charge < -0.3 is 19.1 Å². The Morgan fingerprint density at radius 1 is 0.558 bits per heavy atom. The van der Waals surface area contributed by atoms with Crippen LogP contribution in [-0.2, 0) is 21.1 Å². The molecule has 0 amide bonds. The van der Waals surface area contributed by atoms with E-state index in [1.165, 1.54) is 6.07 Å². The minimum absolute atomic E-state index is 0. The van der Waals surface area contributed by atoms with Crippen molar-refractivity contribution in [3.05, 3.63) is 203 Å². The molecule has 11 aromatic rings. The second-order valence-electron chi connectivity index (χ2n) is 22.9. The first-order valence-corrected chi connectivity index (χ1v) is 26.1. The summed E-state index contributed by atoms with van der Waals surface area (Å²) in [6.45, 7) is 11.9. The van der Waals surface area contributed by atoms with Crippen LogP contribution in [0, 0.1) is 69.7 Å². The first kappa shape index (κ1) is 41.0. The van der Waals surface area contributed by atoms with Crippen LogP contribution in [0.4, 0.5) is 0 Å². The molecule has 5 heteroatoms.